The summed E-state index contributed by atoms with van der Waals surface area (Å²) in [5.74, 6) is -2.35. The average molecular weight is 282 g/mol. The highest BCUT2D eigenvalue weighted by Crippen LogP contribution is 2.27. The van der Waals surface area contributed by atoms with Gasteiger partial charge in [0.1, 0.15) is 0 Å². The number of carbonyl (C=O) groups is 1. The molecule has 3 N–H and O–H groups in total. The normalized spacial score (nSPS) is 26.8. The molecule has 8 heteroatoms. The van der Waals surface area contributed by atoms with E-state index in [2.05, 4.69) is 6.07 Å². The number of rotatable bonds is 2. The lowest BCUT2D eigenvalue weighted by molar-refractivity contribution is -0.192. The van der Waals surface area contributed by atoms with Crippen LogP contribution in [-0.4, -0.2) is 36.5 Å². The summed E-state index contributed by atoms with van der Waals surface area (Å²) in [5, 5.41) is 15.7. The van der Waals surface area contributed by atoms with Crippen LogP contribution in [0, 0.1) is 17.2 Å². The van der Waals surface area contributed by atoms with Crippen molar-refractivity contribution in [2.75, 3.05) is 7.11 Å². The Balaban J connectivity index is 0.000000399. The van der Waals surface area contributed by atoms with Crippen molar-refractivity contribution in [1.82, 2.24) is 0 Å². The second-order valence-electron chi connectivity index (χ2n) is 4.27. The molecular formula is C11H17F3N2O3. The summed E-state index contributed by atoms with van der Waals surface area (Å²) in [6.45, 7) is 0. The first-order valence-electron chi connectivity index (χ1n) is 5.67. The van der Waals surface area contributed by atoms with Crippen LogP contribution in [0.4, 0.5) is 13.2 Å². The van der Waals surface area contributed by atoms with Gasteiger partial charge in [0, 0.05) is 19.6 Å². The van der Waals surface area contributed by atoms with Gasteiger partial charge in [0.05, 0.1) is 12.2 Å². The summed E-state index contributed by atoms with van der Waals surface area (Å²) in [4.78, 5) is 8.90. The first-order chi connectivity index (χ1) is 8.72. The van der Waals surface area contributed by atoms with Gasteiger partial charge in [-0.3, -0.25) is 0 Å². The van der Waals surface area contributed by atoms with E-state index in [1.807, 2.05) is 0 Å². The van der Waals surface area contributed by atoms with Crippen LogP contribution in [0.25, 0.3) is 0 Å². The van der Waals surface area contributed by atoms with E-state index in [1.165, 1.54) is 0 Å². The molecule has 1 fully saturated rings. The smallest absolute Gasteiger partial charge is 0.475 e. The fraction of sp³-hybridized carbons (Fsp3) is 0.818. The summed E-state index contributed by atoms with van der Waals surface area (Å²) in [6, 6.07) is 2.46. The fourth-order valence-corrected chi connectivity index (χ4v) is 1.86. The van der Waals surface area contributed by atoms with E-state index in [9.17, 15) is 13.2 Å². The number of ether oxygens (including phenoxy) is 1. The lowest BCUT2D eigenvalue weighted by atomic mass is 9.82. The minimum Gasteiger partial charge on any atom is -0.475 e. The van der Waals surface area contributed by atoms with Crippen LogP contribution in [0.1, 0.15) is 25.7 Å². The van der Waals surface area contributed by atoms with E-state index >= 15 is 0 Å². The van der Waals surface area contributed by atoms with Crippen molar-refractivity contribution in [3.05, 3.63) is 0 Å². The van der Waals surface area contributed by atoms with Gasteiger partial charge >= 0.3 is 12.1 Å². The van der Waals surface area contributed by atoms with Gasteiger partial charge in [-0.2, -0.15) is 18.4 Å². The van der Waals surface area contributed by atoms with E-state index in [0.29, 0.717) is 12.3 Å². The molecule has 0 aromatic rings. The zero-order valence-electron chi connectivity index (χ0n) is 10.5. The van der Waals surface area contributed by atoms with E-state index in [4.69, 9.17) is 25.6 Å². The Kier molecular flexibility index (Phi) is 7.41. The number of hydrogen-bond donors (Lipinski definition) is 2. The number of nitriles is 1. The maximum Gasteiger partial charge on any atom is 0.490 e. The summed E-state index contributed by atoms with van der Waals surface area (Å²) in [7, 11) is 1.70. The van der Waals surface area contributed by atoms with Gasteiger partial charge in [-0.1, -0.05) is 0 Å². The molecule has 0 bridgehead atoms. The first kappa shape index (κ1) is 17.7. The lowest BCUT2D eigenvalue weighted by Gasteiger charge is -2.32. The van der Waals surface area contributed by atoms with Crippen molar-refractivity contribution in [2.45, 2.75) is 44.0 Å². The molecule has 0 aliphatic heterocycles. The average Bonchev–Trinajstić information content (AvgIpc) is 2.31. The molecule has 1 saturated carbocycles. The predicted octanol–water partition coefficient (Wildman–Crippen LogP) is 1.68. The van der Waals surface area contributed by atoms with Crippen LogP contribution >= 0.6 is 0 Å². The molecule has 0 saturated heterocycles. The third-order valence-electron chi connectivity index (χ3n) is 2.87. The Hall–Kier alpha value is -1.33. The number of alkyl halides is 3. The minimum absolute atomic E-state index is 0.202. The summed E-state index contributed by atoms with van der Waals surface area (Å²) >= 11 is 0. The van der Waals surface area contributed by atoms with Crippen molar-refractivity contribution in [3.8, 4) is 6.07 Å². The highest BCUT2D eigenvalue weighted by molar-refractivity contribution is 5.73. The number of methoxy groups -OCH3 is 1. The van der Waals surface area contributed by atoms with Crippen molar-refractivity contribution in [2.24, 2.45) is 11.7 Å². The molecule has 0 radical (unpaired) electrons. The molecular weight excluding hydrogens is 265 g/mol. The van der Waals surface area contributed by atoms with Gasteiger partial charge in [-0.25, -0.2) is 4.79 Å². The second kappa shape index (κ2) is 7.96. The van der Waals surface area contributed by atoms with E-state index in [0.717, 1.165) is 19.3 Å². The topological polar surface area (TPSA) is 96.3 Å². The van der Waals surface area contributed by atoms with Crippen LogP contribution in [0.15, 0.2) is 0 Å². The molecule has 0 amide bonds. The Morgan fingerprint density at radius 3 is 2.42 bits per heavy atom. The number of halogens is 3. The summed E-state index contributed by atoms with van der Waals surface area (Å²) in [5.41, 5.74) is 5.80. The maximum absolute atomic E-state index is 10.6. The Labute approximate surface area is 109 Å². The summed E-state index contributed by atoms with van der Waals surface area (Å²) in [6.07, 6.45) is -1.30. The standard InChI is InChI=1S/C9H16N2O.C2HF3O2/c1-12-9-6-8(11)3-2-7(9)4-5-10;3-2(4,5)1(6)7/h7-9H,2-4,6,11H2,1H3;(H,6,7)/t7-,8+,9-;/m1./s1. The van der Waals surface area contributed by atoms with Gasteiger partial charge in [-0.05, 0) is 25.2 Å². The van der Waals surface area contributed by atoms with E-state index < -0.39 is 12.1 Å². The SMILES string of the molecule is CO[C@@H]1C[C@@H](N)CC[C@@H]1CC#N.O=C(O)C(F)(F)F. The molecule has 19 heavy (non-hydrogen) atoms. The van der Waals surface area contributed by atoms with Crippen molar-refractivity contribution in [3.63, 3.8) is 0 Å². The predicted molar refractivity (Wildman–Crippen MR) is 60.0 cm³/mol. The molecule has 1 rings (SSSR count). The molecule has 5 nitrogen and oxygen atoms in total. The molecule has 0 heterocycles. The molecule has 0 spiro atoms. The minimum atomic E-state index is -5.08. The van der Waals surface area contributed by atoms with Crippen LogP contribution in [-0.2, 0) is 9.53 Å². The number of aliphatic carboxylic acids is 1. The quantitative estimate of drug-likeness (QED) is 0.803. The van der Waals surface area contributed by atoms with Gasteiger partial charge in [-0.15, -0.1) is 0 Å². The molecule has 0 unspecified atom stereocenters. The number of carboxylic acids is 1. The third kappa shape index (κ3) is 6.98. The molecule has 0 aromatic heterocycles. The van der Waals surface area contributed by atoms with E-state index in [-0.39, 0.29) is 12.1 Å². The molecule has 3 atom stereocenters. The number of hydrogen-bond acceptors (Lipinski definition) is 4. The monoisotopic (exact) mass is 282 g/mol. The van der Waals surface area contributed by atoms with Gasteiger partial charge < -0.3 is 15.6 Å². The van der Waals surface area contributed by atoms with Gasteiger partial charge in [0.2, 0.25) is 0 Å². The van der Waals surface area contributed by atoms with Crippen LogP contribution in [0.2, 0.25) is 0 Å². The third-order valence-corrected chi connectivity index (χ3v) is 2.87. The van der Waals surface area contributed by atoms with Crippen molar-refractivity contribution in [1.29, 1.82) is 5.26 Å². The van der Waals surface area contributed by atoms with Crippen LogP contribution < -0.4 is 5.73 Å². The van der Waals surface area contributed by atoms with Crippen LogP contribution in [0.5, 0.6) is 0 Å². The van der Waals surface area contributed by atoms with Crippen molar-refractivity contribution < 1.29 is 27.8 Å². The molecule has 0 aromatic carbocycles. The number of carboxylic acid groups (broad SMARTS) is 1. The highest BCUT2D eigenvalue weighted by atomic mass is 19.4. The number of nitrogens with zero attached hydrogens (tertiary/aromatic N) is 1. The maximum atomic E-state index is 10.6. The first-order valence-corrected chi connectivity index (χ1v) is 5.67. The Morgan fingerprint density at radius 2 is 2.05 bits per heavy atom. The summed E-state index contributed by atoms with van der Waals surface area (Å²) < 4.78 is 37.0. The largest absolute Gasteiger partial charge is 0.490 e. The van der Waals surface area contributed by atoms with Crippen molar-refractivity contribution >= 4 is 5.97 Å². The van der Waals surface area contributed by atoms with Crippen LogP contribution in [0.3, 0.4) is 0 Å². The second-order valence-corrected chi connectivity index (χ2v) is 4.27. The lowest BCUT2D eigenvalue weighted by Crippen LogP contribution is -2.37. The van der Waals surface area contributed by atoms with Gasteiger partial charge in [0.15, 0.2) is 0 Å². The fourth-order valence-electron chi connectivity index (χ4n) is 1.86. The van der Waals surface area contributed by atoms with E-state index in [1.54, 1.807) is 7.11 Å². The zero-order valence-corrected chi connectivity index (χ0v) is 10.5. The molecule has 110 valence electrons. The van der Waals surface area contributed by atoms with Gasteiger partial charge in [0.25, 0.3) is 0 Å². The molecule has 1 aliphatic carbocycles. The Morgan fingerprint density at radius 1 is 1.53 bits per heavy atom. The molecule has 1 aliphatic rings. The Bertz CT molecular complexity index is 328. The number of nitrogens with two attached hydrogens (primary N) is 1. The zero-order chi connectivity index (χ0) is 15.1. The highest BCUT2D eigenvalue weighted by Gasteiger charge is 2.38.